The second kappa shape index (κ2) is 4.24. The van der Waals surface area contributed by atoms with Gasteiger partial charge in [-0.3, -0.25) is 4.18 Å². The zero-order chi connectivity index (χ0) is 10.7. The number of allylic oxidation sites excluding steroid dienone is 1. The zero-order valence-corrected chi connectivity index (χ0v) is 9.52. The zero-order valence-electron chi connectivity index (χ0n) is 8.70. The molecule has 0 aromatic heterocycles. The summed E-state index contributed by atoms with van der Waals surface area (Å²) in [6.45, 7) is 9.74. The molecule has 0 fully saturated rings. The summed E-state index contributed by atoms with van der Waals surface area (Å²) in [5.41, 5.74) is -0.204. The Balaban J connectivity index is 4.27. The van der Waals surface area contributed by atoms with Crippen LogP contribution in [-0.2, 0) is 14.3 Å². The van der Waals surface area contributed by atoms with E-state index in [1.165, 1.54) is 0 Å². The molecule has 0 aliphatic heterocycles. The second-order valence-electron chi connectivity index (χ2n) is 3.98. The molecule has 4 heteroatoms. The molecule has 0 saturated heterocycles. The van der Waals surface area contributed by atoms with Crippen molar-refractivity contribution in [2.24, 2.45) is 11.3 Å². The third-order valence-electron chi connectivity index (χ3n) is 2.23. The fourth-order valence-corrected chi connectivity index (χ4v) is 1.23. The largest absolute Gasteiger partial charge is 0.270 e. The third-order valence-corrected chi connectivity index (χ3v) is 2.78. The maximum Gasteiger partial charge on any atom is 0.264 e. The predicted octanol–water partition coefficient (Wildman–Crippen LogP) is 1.81. The van der Waals surface area contributed by atoms with E-state index >= 15 is 0 Å². The molecule has 0 amide bonds. The van der Waals surface area contributed by atoms with Crippen molar-refractivity contribution in [3.05, 3.63) is 12.7 Å². The second-order valence-corrected chi connectivity index (χ2v) is 5.62. The first-order valence-corrected chi connectivity index (χ1v) is 5.97. The van der Waals surface area contributed by atoms with Gasteiger partial charge in [-0.25, -0.2) is 0 Å². The summed E-state index contributed by atoms with van der Waals surface area (Å²) >= 11 is 0. The van der Waals surface area contributed by atoms with Crippen LogP contribution in [0.15, 0.2) is 12.7 Å². The van der Waals surface area contributed by atoms with E-state index in [-0.39, 0.29) is 17.9 Å². The van der Waals surface area contributed by atoms with E-state index in [0.717, 1.165) is 6.26 Å². The minimum atomic E-state index is -3.33. The van der Waals surface area contributed by atoms with Crippen molar-refractivity contribution < 1.29 is 12.6 Å². The van der Waals surface area contributed by atoms with Crippen molar-refractivity contribution in [1.82, 2.24) is 0 Å². The molecule has 78 valence electrons. The first-order chi connectivity index (χ1) is 5.69. The van der Waals surface area contributed by atoms with Crippen LogP contribution in [0.4, 0.5) is 0 Å². The molecule has 1 unspecified atom stereocenters. The molecule has 0 heterocycles. The van der Waals surface area contributed by atoms with Crippen molar-refractivity contribution in [3.8, 4) is 0 Å². The summed E-state index contributed by atoms with van der Waals surface area (Å²) in [5, 5.41) is 0. The molecule has 0 aromatic rings. The van der Waals surface area contributed by atoms with Crippen LogP contribution < -0.4 is 0 Å². The molecule has 0 bridgehead atoms. The van der Waals surface area contributed by atoms with Gasteiger partial charge in [-0.1, -0.05) is 26.8 Å². The van der Waals surface area contributed by atoms with Crippen molar-refractivity contribution in [1.29, 1.82) is 0 Å². The highest BCUT2D eigenvalue weighted by Gasteiger charge is 2.25. The van der Waals surface area contributed by atoms with Crippen LogP contribution in [0.1, 0.15) is 20.8 Å². The normalized spacial score (nSPS) is 15.4. The monoisotopic (exact) mass is 206 g/mol. The summed E-state index contributed by atoms with van der Waals surface area (Å²) < 4.78 is 26.2. The van der Waals surface area contributed by atoms with Crippen LogP contribution in [0.25, 0.3) is 0 Å². The average molecular weight is 206 g/mol. The molecule has 0 aliphatic rings. The summed E-state index contributed by atoms with van der Waals surface area (Å²) in [6, 6.07) is 0. The minimum absolute atomic E-state index is 0.193. The predicted molar refractivity (Wildman–Crippen MR) is 53.9 cm³/mol. The lowest BCUT2D eigenvalue weighted by atomic mass is 9.81. The minimum Gasteiger partial charge on any atom is -0.270 e. The van der Waals surface area contributed by atoms with Crippen LogP contribution in [0.2, 0.25) is 0 Å². The van der Waals surface area contributed by atoms with E-state index in [4.69, 9.17) is 4.18 Å². The molecule has 13 heavy (non-hydrogen) atoms. The molecule has 0 radical (unpaired) electrons. The fraction of sp³-hybridized carbons (Fsp3) is 0.778. The number of rotatable bonds is 5. The van der Waals surface area contributed by atoms with E-state index in [2.05, 4.69) is 6.58 Å². The van der Waals surface area contributed by atoms with Gasteiger partial charge in [-0.15, -0.1) is 6.58 Å². The molecular formula is C9H18O3S. The van der Waals surface area contributed by atoms with E-state index in [0.29, 0.717) is 0 Å². The van der Waals surface area contributed by atoms with Gasteiger partial charge in [0, 0.05) is 0 Å². The molecule has 0 saturated carbocycles. The Kier molecular flexibility index (Phi) is 4.13. The molecular weight excluding hydrogens is 188 g/mol. The lowest BCUT2D eigenvalue weighted by molar-refractivity contribution is 0.149. The molecule has 3 nitrogen and oxygen atoms in total. The van der Waals surface area contributed by atoms with Gasteiger partial charge in [-0.05, 0) is 11.3 Å². The van der Waals surface area contributed by atoms with Gasteiger partial charge < -0.3 is 0 Å². The van der Waals surface area contributed by atoms with Crippen LogP contribution in [0, 0.1) is 11.3 Å². The molecule has 0 aliphatic carbocycles. The van der Waals surface area contributed by atoms with Crippen LogP contribution in [-0.4, -0.2) is 21.3 Å². The van der Waals surface area contributed by atoms with Crippen LogP contribution in [0.3, 0.4) is 0 Å². The first-order valence-electron chi connectivity index (χ1n) is 4.16. The van der Waals surface area contributed by atoms with Gasteiger partial charge in [-0.2, -0.15) is 8.42 Å². The smallest absolute Gasteiger partial charge is 0.264 e. The summed E-state index contributed by atoms with van der Waals surface area (Å²) in [7, 11) is -3.33. The Bertz CT molecular complexity index is 265. The van der Waals surface area contributed by atoms with Gasteiger partial charge in [0.1, 0.15) is 0 Å². The highest BCUT2D eigenvalue weighted by Crippen LogP contribution is 2.27. The Morgan fingerprint density at radius 1 is 1.54 bits per heavy atom. The number of hydrogen-bond acceptors (Lipinski definition) is 3. The van der Waals surface area contributed by atoms with E-state index in [1.807, 2.05) is 20.8 Å². The lowest BCUT2D eigenvalue weighted by Gasteiger charge is -2.28. The summed E-state index contributed by atoms with van der Waals surface area (Å²) in [5.74, 6) is 0.217. The summed E-state index contributed by atoms with van der Waals surface area (Å²) in [4.78, 5) is 0. The maximum absolute atomic E-state index is 10.7. The topological polar surface area (TPSA) is 43.4 Å². The summed E-state index contributed by atoms with van der Waals surface area (Å²) in [6.07, 6.45) is 2.85. The quantitative estimate of drug-likeness (QED) is 0.509. The Morgan fingerprint density at radius 2 is 2.00 bits per heavy atom. The fourth-order valence-electron chi connectivity index (χ4n) is 0.709. The van der Waals surface area contributed by atoms with Crippen molar-refractivity contribution in [3.63, 3.8) is 0 Å². The molecule has 0 spiro atoms. The van der Waals surface area contributed by atoms with Crippen LogP contribution in [0.5, 0.6) is 0 Å². The van der Waals surface area contributed by atoms with Gasteiger partial charge in [0.2, 0.25) is 0 Å². The Hall–Kier alpha value is -0.350. The SMILES string of the molecule is C=CC(C)C(C)(C)COS(C)(=O)=O. The van der Waals surface area contributed by atoms with Gasteiger partial charge >= 0.3 is 0 Å². The molecule has 0 rings (SSSR count). The van der Waals surface area contributed by atoms with E-state index in [1.54, 1.807) is 6.08 Å². The van der Waals surface area contributed by atoms with Crippen molar-refractivity contribution in [2.75, 3.05) is 12.9 Å². The highest BCUT2D eigenvalue weighted by atomic mass is 32.2. The molecule has 0 N–H and O–H groups in total. The lowest BCUT2D eigenvalue weighted by Crippen LogP contribution is -2.27. The van der Waals surface area contributed by atoms with Gasteiger partial charge in [0.15, 0.2) is 0 Å². The molecule has 1 atom stereocenters. The maximum atomic E-state index is 10.7. The van der Waals surface area contributed by atoms with E-state index < -0.39 is 10.1 Å². The highest BCUT2D eigenvalue weighted by molar-refractivity contribution is 7.85. The Labute approximate surface area is 80.9 Å². The first kappa shape index (κ1) is 12.7. The Morgan fingerprint density at radius 3 is 2.31 bits per heavy atom. The van der Waals surface area contributed by atoms with Crippen molar-refractivity contribution >= 4 is 10.1 Å². The van der Waals surface area contributed by atoms with Crippen LogP contribution >= 0.6 is 0 Å². The standard InChI is InChI=1S/C9H18O3S/c1-6-8(2)9(3,4)7-12-13(5,10)11/h6,8H,1,7H2,2-5H3. The van der Waals surface area contributed by atoms with E-state index in [9.17, 15) is 8.42 Å². The van der Waals surface area contributed by atoms with Gasteiger partial charge in [0.25, 0.3) is 10.1 Å². The van der Waals surface area contributed by atoms with Crippen molar-refractivity contribution in [2.45, 2.75) is 20.8 Å². The third kappa shape index (κ3) is 5.05. The average Bonchev–Trinajstić information content (AvgIpc) is 1.98. The number of hydrogen-bond donors (Lipinski definition) is 0. The molecule has 0 aromatic carbocycles. The van der Waals surface area contributed by atoms with Gasteiger partial charge in [0.05, 0.1) is 12.9 Å².